The van der Waals surface area contributed by atoms with Crippen LogP contribution in [0, 0.1) is 12.8 Å². The molecule has 0 bridgehead atoms. The number of carbonyl (C=O) groups excluding carboxylic acids is 1. The average molecular weight is 390 g/mol. The number of nitrogens with zero attached hydrogens (tertiary/aromatic N) is 1. The molecule has 1 atom stereocenters. The van der Waals surface area contributed by atoms with E-state index in [0.717, 1.165) is 38.9 Å². The Kier molecular flexibility index (Phi) is 7.06. The molecule has 3 heterocycles. The summed E-state index contributed by atoms with van der Waals surface area (Å²) in [5.74, 6) is 0.0187. The highest BCUT2D eigenvalue weighted by Gasteiger charge is 2.26. The van der Waals surface area contributed by atoms with Gasteiger partial charge in [0.25, 0.3) is 0 Å². The Morgan fingerprint density at radius 3 is 2.92 bits per heavy atom. The number of ether oxygens (including phenoxy) is 1. The van der Waals surface area contributed by atoms with Gasteiger partial charge in [0.1, 0.15) is 0 Å². The smallest absolute Gasteiger partial charge is 0.310 e. The molecule has 1 fully saturated rings. The fraction of sp³-hybridized carbons (Fsp3) is 0.476. The number of esters is 1. The molecule has 3 nitrogen and oxygen atoms in total. The van der Waals surface area contributed by atoms with Crippen molar-refractivity contribution in [3.63, 3.8) is 0 Å². The Labute approximate surface area is 164 Å². The topological polar surface area (TPSA) is 29.5 Å². The van der Waals surface area contributed by atoms with Crippen LogP contribution in [0.3, 0.4) is 0 Å². The SMILES string of the molecule is CCOC(=O)[C@@H]1CCCN(CCC=C(c2cccs2)c2sccc2C)C1. The zero-order valence-electron chi connectivity index (χ0n) is 15.6. The predicted octanol–water partition coefficient (Wildman–Crippen LogP) is 5.21. The fourth-order valence-electron chi connectivity index (χ4n) is 3.49. The van der Waals surface area contributed by atoms with Gasteiger partial charge in [-0.1, -0.05) is 12.1 Å². The van der Waals surface area contributed by atoms with Crippen molar-refractivity contribution in [1.82, 2.24) is 4.90 Å². The van der Waals surface area contributed by atoms with E-state index in [1.54, 1.807) is 11.3 Å². The van der Waals surface area contributed by atoms with E-state index in [-0.39, 0.29) is 11.9 Å². The number of hydrogen-bond acceptors (Lipinski definition) is 5. The molecule has 1 aliphatic rings. The van der Waals surface area contributed by atoms with Crippen LogP contribution >= 0.6 is 22.7 Å². The van der Waals surface area contributed by atoms with E-state index in [1.165, 1.54) is 20.9 Å². The minimum absolute atomic E-state index is 0.0266. The first-order chi connectivity index (χ1) is 12.7. The zero-order valence-corrected chi connectivity index (χ0v) is 17.2. The van der Waals surface area contributed by atoms with Crippen molar-refractivity contribution < 1.29 is 9.53 Å². The quantitative estimate of drug-likeness (QED) is 0.609. The number of likely N-dealkylation sites (tertiary alicyclic amines) is 1. The Balaban J connectivity index is 1.64. The molecule has 5 heteroatoms. The normalized spacial score (nSPS) is 18.8. The van der Waals surface area contributed by atoms with Crippen molar-refractivity contribution in [3.8, 4) is 0 Å². The second-order valence-corrected chi connectivity index (χ2v) is 8.57. The summed E-state index contributed by atoms with van der Waals surface area (Å²) in [7, 11) is 0. The van der Waals surface area contributed by atoms with Crippen LogP contribution in [0.25, 0.3) is 5.57 Å². The molecule has 0 spiro atoms. The monoisotopic (exact) mass is 389 g/mol. The molecule has 26 heavy (non-hydrogen) atoms. The molecule has 0 amide bonds. The lowest BCUT2D eigenvalue weighted by Crippen LogP contribution is -2.39. The second-order valence-electron chi connectivity index (χ2n) is 6.71. The van der Waals surface area contributed by atoms with Crippen molar-refractivity contribution in [2.24, 2.45) is 5.92 Å². The molecular formula is C21H27NO2S2. The van der Waals surface area contributed by atoms with E-state index < -0.39 is 0 Å². The first-order valence-electron chi connectivity index (χ1n) is 9.36. The number of aryl methyl sites for hydroxylation is 1. The van der Waals surface area contributed by atoms with Gasteiger partial charge in [0.05, 0.1) is 12.5 Å². The summed E-state index contributed by atoms with van der Waals surface area (Å²) in [6, 6.07) is 6.51. The minimum atomic E-state index is -0.0266. The third-order valence-electron chi connectivity index (χ3n) is 4.81. The van der Waals surface area contributed by atoms with Gasteiger partial charge < -0.3 is 9.64 Å². The van der Waals surface area contributed by atoms with Gasteiger partial charge in [-0.2, -0.15) is 0 Å². The van der Waals surface area contributed by atoms with Crippen molar-refractivity contribution >= 4 is 34.2 Å². The number of piperidine rings is 1. The number of thiophene rings is 2. The summed E-state index contributed by atoms with van der Waals surface area (Å²) in [5.41, 5.74) is 2.70. The van der Waals surface area contributed by atoms with Crippen LogP contribution in [-0.4, -0.2) is 37.1 Å². The third-order valence-corrected chi connectivity index (χ3v) is 6.77. The largest absolute Gasteiger partial charge is 0.466 e. The molecule has 0 aromatic carbocycles. The van der Waals surface area contributed by atoms with Crippen LogP contribution in [-0.2, 0) is 9.53 Å². The molecule has 0 radical (unpaired) electrons. The van der Waals surface area contributed by atoms with Crippen molar-refractivity contribution in [2.75, 3.05) is 26.2 Å². The molecule has 0 aliphatic carbocycles. The van der Waals surface area contributed by atoms with Crippen LogP contribution in [0.1, 0.15) is 41.5 Å². The maximum Gasteiger partial charge on any atom is 0.310 e. The Morgan fingerprint density at radius 2 is 2.23 bits per heavy atom. The molecule has 0 unspecified atom stereocenters. The highest BCUT2D eigenvalue weighted by Crippen LogP contribution is 2.33. The summed E-state index contributed by atoms with van der Waals surface area (Å²) in [5, 5.41) is 4.31. The maximum absolute atomic E-state index is 12.0. The zero-order chi connectivity index (χ0) is 18.4. The van der Waals surface area contributed by atoms with Gasteiger partial charge in [-0.25, -0.2) is 0 Å². The van der Waals surface area contributed by atoms with E-state index >= 15 is 0 Å². The summed E-state index contributed by atoms with van der Waals surface area (Å²) in [4.78, 5) is 17.1. The Morgan fingerprint density at radius 1 is 1.35 bits per heavy atom. The predicted molar refractivity (Wildman–Crippen MR) is 111 cm³/mol. The standard InChI is InChI=1S/C21H27NO2S2/c1-3-24-21(23)17-7-4-11-22(15-17)12-5-8-18(19-9-6-13-25-19)20-16(2)10-14-26-20/h6,8-10,13-14,17H,3-5,7,11-12,15H2,1-2H3/t17-/m1/s1. The minimum Gasteiger partial charge on any atom is -0.466 e. The lowest BCUT2D eigenvalue weighted by Gasteiger charge is -2.31. The van der Waals surface area contributed by atoms with E-state index in [2.05, 4.69) is 46.9 Å². The van der Waals surface area contributed by atoms with Crippen molar-refractivity contribution in [3.05, 3.63) is 50.4 Å². The molecule has 1 aliphatic heterocycles. The van der Waals surface area contributed by atoms with Crippen molar-refractivity contribution in [1.29, 1.82) is 0 Å². The van der Waals surface area contributed by atoms with E-state index in [4.69, 9.17) is 4.74 Å². The number of carbonyl (C=O) groups is 1. The molecule has 1 saturated heterocycles. The van der Waals surface area contributed by atoms with Gasteiger partial charge in [-0.05, 0) is 68.1 Å². The highest BCUT2D eigenvalue weighted by atomic mass is 32.1. The van der Waals surface area contributed by atoms with Gasteiger partial charge in [0, 0.05) is 28.4 Å². The number of rotatable bonds is 7. The highest BCUT2D eigenvalue weighted by molar-refractivity contribution is 7.13. The molecule has 0 saturated carbocycles. The Bertz CT molecular complexity index is 733. The van der Waals surface area contributed by atoms with Gasteiger partial charge in [-0.3, -0.25) is 4.79 Å². The number of hydrogen-bond donors (Lipinski definition) is 0. The van der Waals surface area contributed by atoms with Gasteiger partial charge >= 0.3 is 5.97 Å². The van der Waals surface area contributed by atoms with E-state index in [0.29, 0.717) is 6.61 Å². The van der Waals surface area contributed by atoms with Crippen LogP contribution < -0.4 is 0 Å². The first kappa shape index (κ1) is 19.3. The third kappa shape index (κ3) is 4.84. The van der Waals surface area contributed by atoms with Gasteiger partial charge in [-0.15, -0.1) is 22.7 Å². The molecule has 3 rings (SSSR count). The lowest BCUT2D eigenvalue weighted by molar-refractivity contribution is -0.149. The summed E-state index contributed by atoms with van der Waals surface area (Å²) in [6.45, 7) is 7.44. The maximum atomic E-state index is 12.0. The first-order valence-corrected chi connectivity index (χ1v) is 11.1. The van der Waals surface area contributed by atoms with Gasteiger partial charge in [0.15, 0.2) is 0 Å². The summed E-state index contributed by atoms with van der Waals surface area (Å²) in [6.07, 6.45) is 5.41. The molecule has 140 valence electrons. The van der Waals surface area contributed by atoms with Crippen LogP contribution in [0.15, 0.2) is 35.0 Å². The van der Waals surface area contributed by atoms with E-state index in [1.807, 2.05) is 18.3 Å². The lowest BCUT2D eigenvalue weighted by atomic mass is 9.98. The second kappa shape index (κ2) is 9.49. The Hall–Kier alpha value is -1.43. The van der Waals surface area contributed by atoms with Crippen LogP contribution in [0.2, 0.25) is 0 Å². The van der Waals surface area contributed by atoms with Gasteiger partial charge in [0.2, 0.25) is 0 Å². The van der Waals surface area contributed by atoms with Crippen LogP contribution in [0.5, 0.6) is 0 Å². The van der Waals surface area contributed by atoms with Crippen LogP contribution in [0.4, 0.5) is 0 Å². The summed E-state index contributed by atoms with van der Waals surface area (Å²) >= 11 is 3.61. The van der Waals surface area contributed by atoms with Crippen molar-refractivity contribution in [2.45, 2.75) is 33.1 Å². The molecule has 2 aromatic heterocycles. The fourth-order valence-corrected chi connectivity index (χ4v) is 5.31. The molecular weight excluding hydrogens is 362 g/mol. The molecule has 2 aromatic rings. The average Bonchev–Trinajstić information content (AvgIpc) is 3.31. The van der Waals surface area contributed by atoms with E-state index in [9.17, 15) is 4.79 Å². The summed E-state index contributed by atoms with van der Waals surface area (Å²) < 4.78 is 5.21. The molecule has 0 N–H and O–H groups in total.